The van der Waals surface area contributed by atoms with Crippen LogP contribution in [0.3, 0.4) is 0 Å². The first-order chi connectivity index (χ1) is 12.6. The summed E-state index contributed by atoms with van der Waals surface area (Å²) < 4.78 is 7.40. The van der Waals surface area contributed by atoms with Gasteiger partial charge in [-0.1, -0.05) is 12.1 Å². The Morgan fingerprint density at radius 1 is 1.07 bits per heavy atom. The van der Waals surface area contributed by atoms with Crippen LogP contribution in [0.2, 0.25) is 0 Å². The normalized spacial score (nSPS) is 12.0. The second-order valence-electron chi connectivity index (χ2n) is 6.92. The topological polar surface area (TPSA) is 77.4 Å². The number of rotatable bonds is 6. The van der Waals surface area contributed by atoms with Gasteiger partial charge in [0.15, 0.2) is 11.9 Å². The van der Waals surface area contributed by atoms with Gasteiger partial charge in [0.05, 0.1) is 5.56 Å². The molecular formula is C21H26N2O4. The zero-order valence-electron chi connectivity index (χ0n) is 16.6. The predicted molar refractivity (Wildman–Crippen MR) is 104 cm³/mol. The molecule has 2 aromatic rings. The van der Waals surface area contributed by atoms with Gasteiger partial charge in [-0.25, -0.2) is 4.79 Å². The van der Waals surface area contributed by atoms with E-state index in [-0.39, 0.29) is 11.8 Å². The van der Waals surface area contributed by atoms with Crippen LogP contribution in [0, 0.1) is 13.8 Å². The maximum Gasteiger partial charge on any atom is 0.340 e. The lowest BCUT2D eigenvalue weighted by Gasteiger charge is -2.15. The Bertz CT molecular complexity index is 880. The van der Waals surface area contributed by atoms with Crippen LogP contribution in [0.5, 0.6) is 0 Å². The van der Waals surface area contributed by atoms with E-state index in [1.54, 1.807) is 30.3 Å². The average molecular weight is 370 g/mol. The van der Waals surface area contributed by atoms with E-state index in [2.05, 4.69) is 9.88 Å². The molecule has 0 spiro atoms. The van der Waals surface area contributed by atoms with Crippen LogP contribution in [0.25, 0.3) is 0 Å². The first kappa shape index (κ1) is 20.4. The van der Waals surface area contributed by atoms with Crippen LogP contribution in [0.15, 0.2) is 30.3 Å². The maximum absolute atomic E-state index is 12.5. The largest absolute Gasteiger partial charge is 0.449 e. The molecule has 1 amide bonds. The summed E-state index contributed by atoms with van der Waals surface area (Å²) in [5.74, 6) is -1.08. The number of nitrogens with zero attached hydrogens (tertiary/aromatic N) is 1. The minimum absolute atomic E-state index is 0.0916. The van der Waals surface area contributed by atoms with Gasteiger partial charge in [-0.05, 0) is 59.7 Å². The Labute approximate surface area is 159 Å². The number of carbonyl (C=O) groups is 3. The SMILES string of the molecule is CC(=O)c1cccc(NC(=O)[C@H](C)OC(=O)c2cc(C)n(C(C)C)c2C)c1. The van der Waals surface area contributed by atoms with Gasteiger partial charge >= 0.3 is 5.97 Å². The number of Topliss-reactive ketones (excluding diaryl/α,β-unsaturated/α-hetero) is 1. The first-order valence-corrected chi connectivity index (χ1v) is 8.93. The number of anilines is 1. The third kappa shape index (κ3) is 4.64. The summed E-state index contributed by atoms with van der Waals surface area (Å²) in [4.78, 5) is 36.3. The van der Waals surface area contributed by atoms with Crippen LogP contribution < -0.4 is 5.32 Å². The molecule has 1 N–H and O–H groups in total. The molecule has 0 aliphatic rings. The van der Waals surface area contributed by atoms with Gasteiger partial charge in [0.2, 0.25) is 0 Å². The highest BCUT2D eigenvalue weighted by Crippen LogP contribution is 2.21. The third-order valence-corrected chi connectivity index (χ3v) is 4.41. The summed E-state index contributed by atoms with van der Waals surface area (Å²) in [6, 6.07) is 8.62. The van der Waals surface area contributed by atoms with E-state index in [1.807, 2.05) is 27.7 Å². The predicted octanol–water partition coefficient (Wildman–Crippen LogP) is 4.07. The van der Waals surface area contributed by atoms with E-state index in [0.29, 0.717) is 16.8 Å². The average Bonchev–Trinajstić information content (AvgIpc) is 2.89. The van der Waals surface area contributed by atoms with Crippen molar-refractivity contribution < 1.29 is 19.1 Å². The van der Waals surface area contributed by atoms with Gasteiger partial charge in [0, 0.05) is 28.7 Å². The summed E-state index contributed by atoms with van der Waals surface area (Å²) in [5.41, 5.74) is 3.22. The molecule has 27 heavy (non-hydrogen) atoms. The number of carbonyl (C=O) groups excluding carboxylic acids is 3. The molecule has 1 aromatic carbocycles. The Hall–Kier alpha value is -2.89. The zero-order valence-corrected chi connectivity index (χ0v) is 16.6. The molecule has 0 saturated heterocycles. The minimum atomic E-state index is -0.972. The fourth-order valence-corrected chi connectivity index (χ4v) is 3.12. The van der Waals surface area contributed by atoms with Crippen LogP contribution in [-0.4, -0.2) is 28.3 Å². The van der Waals surface area contributed by atoms with Crippen LogP contribution in [-0.2, 0) is 9.53 Å². The molecule has 0 aliphatic heterocycles. The quantitative estimate of drug-likeness (QED) is 0.614. The molecule has 1 aromatic heterocycles. The lowest BCUT2D eigenvalue weighted by Crippen LogP contribution is -2.30. The number of aromatic nitrogens is 1. The first-order valence-electron chi connectivity index (χ1n) is 8.93. The van der Waals surface area contributed by atoms with Crippen molar-refractivity contribution in [3.05, 3.63) is 52.8 Å². The molecule has 6 heteroatoms. The standard InChI is InChI=1S/C21H26N2O4/c1-12(2)23-13(3)10-19(14(23)4)21(26)27-16(6)20(25)22-18-9-7-8-17(11-18)15(5)24/h7-12,16H,1-6H3,(H,22,25)/t16-/m0/s1. The summed E-state index contributed by atoms with van der Waals surface area (Å²) in [5, 5.41) is 2.67. The van der Waals surface area contributed by atoms with Crippen molar-refractivity contribution in [2.75, 3.05) is 5.32 Å². The summed E-state index contributed by atoms with van der Waals surface area (Å²) >= 11 is 0. The summed E-state index contributed by atoms with van der Waals surface area (Å²) in [6.07, 6.45) is -0.972. The number of esters is 1. The molecule has 1 heterocycles. The van der Waals surface area contributed by atoms with Crippen molar-refractivity contribution in [2.24, 2.45) is 0 Å². The molecule has 2 rings (SSSR count). The molecular weight excluding hydrogens is 344 g/mol. The lowest BCUT2D eigenvalue weighted by molar-refractivity contribution is -0.123. The van der Waals surface area contributed by atoms with Gasteiger partial charge < -0.3 is 14.6 Å². The fraction of sp³-hybridized carbons (Fsp3) is 0.381. The number of nitrogens with one attached hydrogen (secondary N) is 1. The van der Waals surface area contributed by atoms with E-state index in [0.717, 1.165) is 11.4 Å². The summed E-state index contributed by atoms with van der Waals surface area (Å²) in [7, 11) is 0. The Kier molecular flexibility index (Phi) is 6.20. The van der Waals surface area contributed by atoms with Crippen molar-refractivity contribution in [1.29, 1.82) is 0 Å². The molecule has 1 atom stereocenters. The second kappa shape index (κ2) is 8.20. The number of hydrogen-bond donors (Lipinski definition) is 1. The molecule has 0 aliphatic carbocycles. The van der Waals surface area contributed by atoms with Crippen LogP contribution >= 0.6 is 0 Å². The van der Waals surface area contributed by atoms with Crippen LogP contribution in [0.1, 0.15) is 65.8 Å². The lowest BCUT2D eigenvalue weighted by atomic mass is 10.1. The van der Waals surface area contributed by atoms with Gasteiger partial charge in [0.1, 0.15) is 0 Å². The monoisotopic (exact) mass is 370 g/mol. The number of ketones is 1. The molecule has 144 valence electrons. The highest BCUT2D eigenvalue weighted by atomic mass is 16.5. The van der Waals surface area contributed by atoms with Gasteiger partial charge in [-0.3, -0.25) is 9.59 Å². The highest BCUT2D eigenvalue weighted by molar-refractivity contribution is 5.99. The molecule has 0 bridgehead atoms. The fourth-order valence-electron chi connectivity index (χ4n) is 3.12. The number of ether oxygens (including phenoxy) is 1. The second-order valence-corrected chi connectivity index (χ2v) is 6.92. The number of benzene rings is 1. The van der Waals surface area contributed by atoms with Gasteiger partial charge in [-0.15, -0.1) is 0 Å². The number of hydrogen-bond acceptors (Lipinski definition) is 4. The maximum atomic E-state index is 12.5. The molecule has 0 unspecified atom stereocenters. The third-order valence-electron chi connectivity index (χ3n) is 4.41. The Balaban J connectivity index is 2.08. The number of amides is 1. The van der Waals surface area contributed by atoms with E-state index in [1.165, 1.54) is 13.8 Å². The molecule has 0 fully saturated rings. The van der Waals surface area contributed by atoms with E-state index in [9.17, 15) is 14.4 Å². The van der Waals surface area contributed by atoms with Crippen LogP contribution in [0.4, 0.5) is 5.69 Å². The highest BCUT2D eigenvalue weighted by Gasteiger charge is 2.23. The van der Waals surface area contributed by atoms with Crippen molar-refractivity contribution >= 4 is 23.3 Å². The van der Waals surface area contributed by atoms with Crippen molar-refractivity contribution in [3.8, 4) is 0 Å². The van der Waals surface area contributed by atoms with E-state index < -0.39 is 18.0 Å². The van der Waals surface area contributed by atoms with Crippen molar-refractivity contribution in [3.63, 3.8) is 0 Å². The number of aryl methyl sites for hydroxylation is 1. The smallest absolute Gasteiger partial charge is 0.340 e. The van der Waals surface area contributed by atoms with Crippen molar-refractivity contribution in [1.82, 2.24) is 4.57 Å². The Morgan fingerprint density at radius 3 is 2.30 bits per heavy atom. The molecule has 0 radical (unpaired) electrons. The molecule has 6 nitrogen and oxygen atoms in total. The minimum Gasteiger partial charge on any atom is -0.449 e. The van der Waals surface area contributed by atoms with E-state index >= 15 is 0 Å². The Morgan fingerprint density at radius 2 is 1.74 bits per heavy atom. The van der Waals surface area contributed by atoms with E-state index in [4.69, 9.17) is 4.74 Å². The summed E-state index contributed by atoms with van der Waals surface area (Å²) in [6.45, 7) is 10.9. The van der Waals surface area contributed by atoms with Crippen molar-refractivity contribution in [2.45, 2.75) is 53.7 Å². The van der Waals surface area contributed by atoms with Gasteiger partial charge in [0.25, 0.3) is 5.91 Å². The zero-order chi connectivity index (χ0) is 20.3. The molecule has 0 saturated carbocycles. The van der Waals surface area contributed by atoms with Gasteiger partial charge in [-0.2, -0.15) is 0 Å².